The molecule has 35 heavy (non-hydrogen) atoms. The van der Waals surface area contributed by atoms with Gasteiger partial charge in [0.2, 0.25) is 0 Å². The molecule has 4 rings (SSSR count). The van der Waals surface area contributed by atoms with Crippen LogP contribution in [0.2, 0.25) is 0 Å². The van der Waals surface area contributed by atoms with Crippen molar-refractivity contribution in [3.05, 3.63) is 101 Å². The molecule has 0 spiro atoms. The predicted molar refractivity (Wildman–Crippen MR) is 134 cm³/mol. The number of aliphatic hydroxyl groups is 1. The lowest BCUT2D eigenvalue weighted by Gasteiger charge is -2.26. The molecule has 6 heteroatoms. The summed E-state index contributed by atoms with van der Waals surface area (Å²) in [6.45, 7) is 5.22. The van der Waals surface area contributed by atoms with E-state index in [1.807, 2.05) is 68.4 Å². The van der Waals surface area contributed by atoms with E-state index in [-0.39, 0.29) is 17.9 Å². The lowest BCUT2D eigenvalue weighted by Crippen LogP contribution is -2.29. The van der Waals surface area contributed by atoms with Gasteiger partial charge in [-0.1, -0.05) is 49.4 Å². The summed E-state index contributed by atoms with van der Waals surface area (Å²) in [5.41, 5.74) is 2.08. The van der Waals surface area contributed by atoms with E-state index in [1.54, 1.807) is 24.3 Å². The number of carbonyl (C=O) groups is 2. The monoisotopic (exact) mass is 471 g/mol. The molecule has 3 aromatic rings. The zero-order valence-electron chi connectivity index (χ0n) is 19.9. The highest BCUT2D eigenvalue weighted by Crippen LogP contribution is 2.41. The van der Waals surface area contributed by atoms with E-state index in [2.05, 4.69) is 0 Å². The second-order valence-corrected chi connectivity index (χ2v) is 8.29. The Labute approximate surface area is 205 Å². The molecule has 1 amide bonds. The van der Waals surface area contributed by atoms with Crippen LogP contribution in [0.25, 0.3) is 5.76 Å². The summed E-state index contributed by atoms with van der Waals surface area (Å²) < 4.78 is 11.3. The first-order chi connectivity index (χ1) is 17.0. The number of nitrogens with zero attached hydrogens (tertiary/aromatic N) is 1. The van der Waals surface area contributed by atoms with Crippen LogP contribution in [0.15, 0.2) is 84.4 Å². The third kappa shape index (κ3) is 5.22. The Morgan fingerprint density at radius 2 is 1.63 bits per heavy atom. The minimum absolute atomic E-state index is 0.0572. The van der Waals surface area contributed by atoms with E-state index in [0.29, 0.717) is 35.8 Å². The average molecular weight is 472 g/mol. The minimum Gasteiger partial charge on any atom is -0.507 e. The maximum absolute atomic E-state index is 13.3. The van der Waals surface area contributed by atoms with Crippen LogP contribution < -0.4 is 9.47 Å². The van der Waals surface area contributed by atoms with Crippen molar-refractivity contribution < 1.29 is 24.2 Å². The molecule has 1 atom stereocenters. The van der Waals surface area contributed by atoms with E-state index in [4.69, 9.17) is 9.47 Å². The van der Waals surface area contributed by atoms with Gasteiger partial charge < -0.3 is 19.5 Å². The maximum atomic E-state index is 13.3. The number of hydrogen-bond acceptors (Lipinski definition) is 5. The number of ketones is 1. The van der Waals surface area contributed by atoms with Gasteiger partial charge in [-0.2, -0.15) is 0 Å². The number of hydrogen-bond donors (Lipinski definition) is 1. The first-order valence-corrected chi connectivity index (χ1v) is 11.8. The largest absolute Gasteiger partial charge is 0.507 e. The van der Waals surface area contributed by atoms with Gasteiger partial charge in [-0.25, -0.2) is 0 Å². The van der Waals surface area contributed by atoms with Crippen molar-refractivity contribution in [1.29, 1.82) is 0 Å². The first kappa shape index (κ1) is 24.1. The van der Waals surface area contributed by atoms with Crippen LogP contribution >= 0.6 is 0 Å². The molecule has 180 valence electrons. The third-order valence-corrected chi connectivity index (χ3v) is 5.82. The topological polar surface area (TPSA) is 76.1 Å². The molecule has 1 unspecified atom stereocenters. The van der Waals surface area contributed by atoms with Crippen LogP contribution in [0.3, 0.4) is 0 Å². The predicted octanol–water partition coefficient (Wildman–Crippen LogP) is 5.50. The second kappa shape index (κ2) is 10.9. The number of amides is 1. The molecule has 1 N–H and O–H groups in total. The highest BCUT2D eigenvalue weighted by Gasteiger charge is 2.46. The van der Waals surface area contributed by atoms with Crippen molar-refractivity contribution in [2.75, 3.05) is 13.2 Å². The van der Waals surface area contributed by atoms with Crippen LogP contribution in [0.1, 0.15) is 43.0 Å². The number of carbonyl (C=O) groups excluding carboxylic acids is 2. The SMILES string of the molecule is CCCOc1ccc(C(O)=C2C(=O)C(=O)N(Cc3ccccc3)C2c2cccc(OCC)c2)cc1. The lowest BCUT2D eigenvalue weighted by molar-refractivity contribution is -0.140. The second-order valence-electron chi connectivity index (χ2n) is 8.29. The Balaban J connectivity index is 1.79. The Hall–Kier alpha value is -4.06. The van der Waals surface area contributed by atoms with Gasteiger partial charge in [0.15, 0.2) is 0 Å². The highest BCUT2D eigenvalue weighted by atomic mass is 16.5. The first-order valence-electron chi connectivity index (χ1n) is 11.8. The average Bonchev–Trinajstić information content (AvgIpc) is 3.13. The van der Waals surface area contributed by atoms with Gasteiger partial charge >= 0.3 is 0 Å². The van der Waals surface area contributed by atoms with E-state index in [9.17, 15) is 14.7 Å². The zero-order valence-corrected chi connectivity index (χ0v) is 19.9. The quantitative estimate of drug-likeness (QED) is 0.254. The number of benzene rings is 3. The highest BCUT2D eigenvalue weighted by molar-refractivity contribution is 6.46. The molecule has 0 aromatic heterocycles. The maximum Gasteiger partial charge on any atom is 0.295 e. The Morgan fingerprint density at radius 3 is 2.31 bits per heavy atom. The molecule has 1 saturated heterocycles. The van der Waals surface area contributed by atoms with Crippen LogP contribution in [-0.4, -0.2) is 34.9 Å². The van der Waals surface area contributed by atoms with Gasteiger partial charge in [0.05, 0.1) is 24.8 Å². The molecular weight excluding hydrogens is 442 g/mol. The Kier molecular flexibility index (Phi) is 7.51. The molecule has 3 aromatic carbocycles. The summed E-state index contributed by atoms with van der Waals surface area (Å²) in [7, 11) is 0. The molecule has 0 bridgehead atoms. The van der Waals surface area contributed by atoms with Crippen molar-refractivity contribution in [2.45, 2.75) is 32.9 Å². The van der Waals surface area contributed by atoms with Crippen LogP contribution in [0.5, 0.6) is 11.5 Å². The van der Waals surface area contributed by atoms with Crippen molar-refractivity contribution in [2.24, 2.45) is 0 Å². The normalized spacial score (nSPS) is 17.0. The summed E-state index contributed by atoms with van der Waals surface area (Å²) >= 11 is 0. The molecule has 6 nitrogen and oxygen atoms in total. The summed E-state index contributed by atoms with van der Waals surface area (Å²) in [4.78, 5) is 28.0. The van der Waals surface area contributed by atoms with Crippen molar-refractivity contribution in [3.63, 3.8) is 0 Å². The zero-order chi connectivity index (χ0) is 24.8. The van der Waals surface area contributed by atoms with E-state index in [0.717, 1.165) is 12.0 Å². The van der Waals surface area contributed by atoms with Gasteiger partial charge in [-0.3, -0.25) is 9.59 Å². The number of rotatable bonds is 9. The van der Waals surface area contributed by atoms with Crippen molar-refractivity contribution in [3.8, 4) is 11.5 Å². The number of ether oxygens (including phenoxy) is 2. The van der Waals surface area contributed by atoms with Gasteiger partial charge in [-0.05, 0) is 60.9 Å². The van der Waals surface area contributed by atoms with Crippen LogP contribution in [0, 0.1) is 0 Å². The minimum atomic E-state index is -0.758. The van der Waals surface area contributed by atoms with Gasteiger partial charge in [0, 0.05) is 12.1 Å². The fourth-order valence-electron chi connectivity index (χ4n) is 4.20. The van der Waals surface area contributed by atoms with E-state index >= 15 is 0 Å². The standard InChI is InChI=1S/C29H29NO5/c1-3-17-35-23-15-13-21(14-16-23)27(31)25-26(22-11-8-12-24(18-22)34-4-2)30(29(33)28(25)32)19-20-9-6-5-7-10-20/h5-16,18,26,31H,3-4,17,19H2,1-2H3. The molecular formula is C29H29NO5. The van der Waals surface area contributed by atoms with Crippen molar-refractivity contribution >= 4 is 17.4 Å². The Morgan fingerprint density at radius 1 is 0.886 bits per heavy atom. The third-order valence-electron chi connectivity index (χ3n) is 5.82. The molecule has 0 radical (unpaired) electrons. The Bertz CT molecular complexity index is 1220. The summed E-state index contributed by atoms with van der Waals surface area (Å²) in [5.74, 6) is -0.268. The smallest absolute Gasteiger partial charge is 0.295 e. The van der Waals surface area contributed by atoms with Crippen LogP contribution in [-0.2, 0) is 16.1 Å². The van der Waals surface area contributed by atoms with Gasteiger partial charge in [0.25, 0.3) is 11.7 Å². The van der Waals surface area contributed by atoms with Crippen molar-refractivity contribution in [1.82, 2.24) is 4.90 Å². The van der Waals surface area contributed by atoms with Crippen LogP contribution in [0.4, 0.5) is 0 Å². The molecule has 0 saturated carbocycles. The fourth-order valence-corrected chi connectivity index (χ4v) is 4.20. The van der Waals surface area contributed by atoms with Gasteiger partial charge in [0.1, 0.15) is 17.3 Å². The number of likely N-dealkylation sites (tertiary alicyclic amines) is 1. The number of Topliss-reactive ketones (excluding diaryl/α,β-unsaturated/α-hetero) is 1. The molecule has 1 heterocycles. The molecule has 0 aliphatic carbocycles. The molecule has 1 aliphatic rings. The number of aliphatic hydroxyl groups excluding tert-OH is 1. The summed E-state index contributed by atoms with van der Waals surface area (Å²) in [5, 5.41) is 11.3. The summed E-state index contributed by atoms with van der Waals surface area (Å²) in [6.07, 6.45) is 0.882. The fraction of sp³-hybridized carbons (Fsp3) is 0.241. The molecule has 1 aliphatic heterocycles. The van der Waals surface area contributed by atoms with E-state index in [1.165, 1.54) is 4.90 Å². The van der Waals surface area contributed by atoms with E-state index < -0.39 is 17.7 Å². The lowest BCUT2D eigenvalue weighted by atomic mass is 9.95. The van der Waals surface area contributed by atoms with Gasteiger partial charge in [-0.15, -0.1) is 0 Å². The molecule has 1 fully saturated rings. The summed E-state index contributed by atoms with van der Waals surface area (Å²) in [6, 6.07) is 22.9.